The predicted octanol–water partition coefficient (Wildman–Crippen LogP) is 3.82. The number of amides is 1. The van der Waals surface area contributed by atoms with Crippen molar-refractivity contribution in [2.75, 3.05) is 11.1 Å². The molecule has 27 heavy (non-hydrogen) atoms. The molecule has 0 aliphatic rings. The standard InChI is InChI=1S/C17H13N5O3S2/c1-9-5-11(7-18)16(19-10(9)2)26-8-15(23)21-17-20-13-6-12(22(24)25)3-4-14(13)27-17/h3-6H,8H2,1-2H3,(H,20,21,23). The van der Waals surface area contributed by atoms with Crippen LogP contribution >= 0.6 is 23.1 Å². The van der Waals surface area contributed by atoms with E-state index in [0.29, 0.717) is 21.2 Å². The molecule has 1 N–H and O–H groups in total. The quantitative estimate of drug-likeness (QED) is 0.393. The fraction of sp³-hybridized carbons (Fsp3) is 0.176. The van der Waals surface area contributed by atoms with Gasteiger partial charge < -0.3 is 5.32 Å². The van der Waals surface area contributed by atoms with Gasteiger partial charge in [0.15, 0.2) is 5.13 Å². The normalized spacial score (nSPS) is 10.6. The number of non-ortho nitro benzene ring substituents is 1. The van der Waals surface area contributed by atoms with Gasteiger partial charge in [-0.25, -0.2) is 9.97 Å². The third kappa shape index (κ3) is 4.21. The molecule has 0 unspecified atom stereocenters. The van der Waals surface area contributed by atoms with E-state index in [1.807, 2.05) is 13.8 Å². The maximum atomic E-state index is 12.2. The average Bonchev–Trinajstić information content (AvgIpc) is 3.03. The van der Waals surface area contributed by atoms with Gasteiger partial charge in [-0.15, -0.1) is 0 Å². The van der Waals surface area contributed by atoms with Crippen LogP contribution in [0.15, 0.2) is 29.3 Å². The van der Waals surface area contributed by atoms with Crippen molar-refractivity contribution in [3.8, 4) is 6.07 Å². The van der Waals surface area contributed by atoms with Gasteiger partial charge in [-0.2, -0.15) is 5.26 Å². The van der Waals surface area contributed by atoms with Crippen molar-refractivity contribution in [2.45, 2.75) is 18.9 Å². The zero-order valence-corrected chi connectivity index (χ0v) is 16.0. The number of pyridine rings is 1. The number of fused-ring (bicyclic) bond motifs is 1. The summed E-state index contributed by atoms with van der Waals surface area (Å²) in [5.41, 5.74) is 2.57. The van der Waals surface area contributed by atoms with E-state index in [0.717, 1.165) is 16.0 Å². The lowest BCUT2D eigenvalue weighted by atomic mass is 10.2. The first-order valence-electron chi connectivity index (χ1n) is 7.73. The number of anilines is 1. The van der Waals surface area contributed by atoms with E-state index >= 15 is 0 Å². The summed E-state index contributed by atoms with van der Waals surface area (Å²) >= 11 is 2.41. The van der Waals surface area contributed by atoms with Crippen molar-refractivity contribution in [2.24, 2.45) is 0 Å². The van der Waals surface area contributed by atoms with Gasteiger partial charge in [0.25, 0.3) is 5.69 Å². The number of nitro benzene ring substituents is 1. The van der Waals surface area contributed by atoms with Gasteiger partial charge in [-0.05, 0) is 31.5 Å². The number of thiazole rings is 1. The summed E-state index contributed by atoms with van der Waals surface area (Å²) in [6, 6.07) is 8.22. The van der Waals surface area contributed by atoms with Gasteiger partial charge in [0, 0.05) is 17.8 Å². The number of carbonyl (C=O) groups excluding carboxylic acids is 1. The molecule has 3 rings (SSSR count). The van der Waals surface area contributed by atoms with Gasteiger partial charge >= 0.3 is 0 Å². The minimum Gasteiger partial charge on any atom is -0.301 e. The molecule has 0 bridgehead atoms. The van der Waals surface area contributed by atoms with Crippen LogP contribution in [0.4, 0.5) is 10.8 Å². The van der Waals surface area contributed by atoms with Crippen molar-refractivity contribution in [3.05, 3.63) is 51.2 Å². The number of aromatic nitrogens is 2. The minimum absolute atomic E-state index is 0.0499. The number of aryl methyl sites for hydroxylation is 2. The number of nitro groups is 1. The molecule has 0 aliphatic carbocycles. The van der Waals surface area contributed by atoms with E-state index in [1.165, 1.54) is 35.2 Å². The number of nitrogens with one attached hydrogen (secondary N) is 1. The van der Waals surface area contributed by atoms with Gasteiger partial charge in [-0.1, -0.05) is 23.1 Å². The molecular formula is C17H13N5O3S2. The number of rotatable bonds is 5. The third-order valence-electron chi connectivity index (χ3n) is 3.72. The maximum absolute atomic E-state index is 12.2. The molecule has 3 aromatic rings. The lowest BCUT2D eigenvalue weighted by Crippen LogP contribution is -2.14. The lowest BCUT2D eigenvalue weighted by molar-refractivity contribution is -0.384. The van der Waals surface area contributed by atoms with E-state index in [4.69, 9.17) is 0 Å². The Morgan fingerprint density at radius 1 is 1.37 bits per heavy atom. The summed E-state index contributed by atoms with van der Waals surface area (Å²) in [7, 11) is 0. The molecule has 1 amide bonds. The molecule has 0 aliphatic heterocycles. The first-order chi connectivity index (χ1) is 12.9. The molecule has 8 nitrogen and oxygen atoms in total. The number of hydrogen-bond donors (Lipinski definition) is 1. The van der Waals surface area contributed by atoms with E-state index in [9.17, 15) is 20.2 Å². The summed E-state index contributed by atoms with van der Waals surface area (Å²) in [6.07, 6.45) is 0. The molecular weight excluding hydrogens is 386 g/mol. The van der Waals surface area contributed by atoms with E-state index in [2.05, 4.69) is 21.4 Å². The smallest absolute Gasteiger partial charge is 0.271 e. The fourth-order valence-electron chi connectivity index (χ4n) is 2.25. The van der Waals surface area contributed by atoms with Crippen LogP contribution in [0.2, 0.25) is 0 Å². The zero-order chi connectivity index (χ0) is 19.6. The first kappa shape index (κ1) is 18.8. The van der Waals surface area contributed by atoms with Gasteiger partial charge in [-0.3, -0.25) is 14.9 Å². The van der Waals surface area contributed by atoms with Crippen molar-refractivity contribution >= 4 is 50.0 Å². The summed E-state index contributed by atoms with van der Waals surface area (Å²) in [5.74, 6) is -0.224. The highest BCUT2D eigenvalue weighted by molar-refractivity contribution is 8.00. The largest absolute Gasteiger partial charge is 0.301 e. The van der Waals surface area contributed by atoms with Crippen LogP contribution in [0.1, 0.15) is 16.8 Å². The molecule has 0 atom stereocenters. The lowest BCUT2D eigenvalue weighted by Gasteiger charge is -2.06. The second-order valence-corrected chi connectivity index (χ2v) is 7.61. The Kier molecular flexibility index (Phi) is 5.34. The van der Waals surface area contributed by atoms with Crippen LogP contribution in [-0.2, 0) is 4.79 Å². The summed E-state index contributed by atoms with van der Waals surface area (Å²) < 4.78 is 0.742. The second kappa shape index (κ2) is 7.69. The maximum Gasteiger partial charge on any atom is 0.271 e. The van der Waals surface area contributed by atoms with E-state index < -0.39 is 4.92 Å². The van der Waals surface area contributed by atoms with Gasteiger partial charge in [0.1, 0.15) is 11.1 Å². The van der Waals surface area contributed by atoms with Gasteiger partial charge in [0.05, 0.1) is 26.5 Å². The molecule has 2 aromatic heterocycles. The zero-order valence-electron chi connectivity index (χ0n) is 14.3. The minimum atomic E-state index is -0.489. The Bertz CT molecular complexity index is 1100. The monoisotopic (exact) mass is 399 g/mol. The predicted molar refractivity (Wildman–Crippen MR) is 104 cm³/mol. The number of carbonyl (C=O) groups is 1. The van der Waals surface area contributed by atoms with Crippen molar-refractivity contribution in [1.82, 2.24) is 9.97 Å². The summed E-state index contributed by atoms with van der Waals surface area (Å²) in [6.45, 7) is 3.72. The number of nitriles is 1. The SMILES string of the molecule is Cc1cc(C#N)c(SCC(=O)Nc2nc3cc([N+](=O)[O-])ccc3s2)nc1C. The van der Waals surface area contributed by atoms with Crippen molar-refractivity contribution < 1.29 is 9.72 Å². The molecule has 1 aromatic carbocycles. The van der Waals surface area contributed by atoms with Crippen LogP contribution in [-0.4, -0.2) is 26.6 Å². The van der Waals surface area contributed by atoms with Crippen LogP contribution < -0.4 is 5.32 Å². The van der Waals surface area contributed by atoms with E-state index in [1.54, 1.807) is 12.1 Å². The average molecular weight is 399 g/mol. The Balaban J connectivity index is 1.70. The Labute approximate surface area is 162 Å². The summed E-state index contributed by atoms with van der Waals surface area (Å²) in [5, 5.41) is 23.6. The molecule has 0 fully saturated rings. The van der Waals surface area contributed by atoms with Crippen molar-refractivity contribution in [1.29, 1.82) is 5.26 Å². The van der Waals surface area contributed by atoms with Crippen LogP contribution in [0.5, 0.6) is 0 Å². The fourth-order valence-corrected chi connectivity index (χ4v) is 3.91. The van der Waals surface area contributed by atoms with E-state index in [-0.39, 0.29) is 17.3 Å². The third-order valence-corrected chi connectivity index (χ3v) is 5.66. The molecule has 136 valence electrons. The number of hydrogen-bond acceptors (Lipinski definition) is 8. The highest BCUT2D eigenvalue weighted by Gasteiger charge is 2.14. The Hall–Kier alpha value is -3.03. The molecule has 2 heterocycles. The molecule has 0 radical (unpaired) electrons. The summed E-state index contributed by atoms with van der Waals surface area (Å²) in [4.78, 5) is 31.1. The first-order valence-corrected chi connectivity index (χ1v) is 9.53. The second-order valence-electron chi connectivity index (χ2n) is 5.62. The molecule has 0 saturated heterocycles. The number of thioether (sulfide) groups is 1. The topological polar surface area (TPSA) is 122 Å². The van der Waals surface area contributed by atoms with Crippen LogP contribution in [0.25, 0.3) is 10.2 Å². The Morgan fingerprint density at radius 2 is 2.15 bits per heavy atom. The highest BCUT2D eigenvalue weighted by atomic mass is 32.2. The highest BCUT2D eigenvalue weighted by Crippen LogP contribution is 2.29. The van der Waals surface area contributed by atoms with Crippen molar-refractivity contribution in [3.63, 3.8) is 0 Å². The number of benzene rings is 1. The number of nitrogens with zero attached hydrogens (tertiary/aromatic N) is 4. The molecule has 0 saturated carbocycles. The Morgan fingerprint density at radius 3 is 2.85 bits per heavy atom. The van der Waals surface area contributed by atoms with Crippen LogP contribution in [0, 0.1) is 35.3 Å². The molecule has 10 heteroatoms. The van der Waals surface area contributed by atoms with Crippen LogP contribution in [0.3, 0.4) is 0 Å². The molecule has 0 spiro atoms. The van der Waals surface area contributed by atoms with Gasteiger partial charge in [0.2, 0.25) is 5.91 Å².